The van der Waals surface area contributed by atoms with Gasteiger partial charge in [0.1, 0.15) is 0 Å². The zero-order valence-corrected chi connectivity index (χ0v) is 17.1. The van der Waals surface area contributed by atoms with Crippen LogP contribution < -0.4 is 10.6 Å². The molecule has 2 rings (SSSR count). The van der Waals surface area contributed by atoms with E-state index >= 15 is 0 Å². The van der Waals surface area contributed by atoms with E-state index in [1.807, 2.05) is 55.5 Å². The summed E-state index contributed by atoms with van der Waals surface area (Å²) in [6.45, 7) is 1.98. The molecule has 2 aromatic carbocycles. The van der Waals surface area contributed by atoms with Crippen LogP contribution >= 0.6 is 31.9 Å². The van der Waals surface area contributed by atoms with E-state index in [1.54, 1.807) is 0 Å². The molecule has 0 saturated carbocycles. The maximum Gasteiger partial charge on any atom is 0.224 e. The van der Waals surface area contributed by atoms with E-state index in [9.17, 15) is 9.59 Å². The van der Waals surface area contributed by atoms with Gasteiger partial charge in [0.25, 0.3) is 0 Å². The van der Waals surface area contributed by atoms with Crippen LogP contribution in [0, 0.1) is 5.92 Å². The number of halogens is 2. The molecule has 2 aromatic rings. The molecule has 0 aliphatic heterocycles. The average Bonchev–Trinajstić information content (AvgIpc) is 2.53. The molecule has 0 unspecified atom stereocenters. The summed E-state index contributed by atoms with van der Waals surface area (Å²) in [6.07, 6.45) is 1.43. The molecule has 6 heteroatoms. The molecular weight excluding hydrogens is 448 g/mol. The summed E-state index contributed by atoms with van der Waals surface area (Å²) in [5, 5.41) is 5.74. The maximum absolute atomic E-state index is 12.1. The monoisotopic (exact) mass is 466 g/mol. The first-order valence-corrected chi connectivity index (χ1v) is 9.62. The number of carbonyl (C=O) groups excluding carboxylic acids is 2. The standard InChI is InChI=1S/C19H20Br2N2O2/c1-13(10-19(25)23-17-7-3-5-15(21)12-17)8-9-18(24)22-16-6-2-4-14(20)11-16/h2-7,11-13H,8-10H2,1H3,(H,22,24)(H,23,25)/t13-/m1/s1. The first-order chi connectivity index (χ1) is 11.9. The Morgan fingerprint density at radius 3 is 1.96 bits per heavy atom. The summed E-state index contributed by atoms with van der Waals surface area (Å²) >= 11 is 6.75. The third-order valence-electron chi connectivity index (χ3n) is 3.61. The normalized spacial score (nSPS) is 11.6. The second kappa shape index (κ2) is 9.73. The zero-order chi connectivity index (χ0) is 18.2. The van der Waals surface area contributed by atoms with Crippen LogP contribution in [0.25, 0.3) is 0 Å². The van der Waals surface area contributed by atoms with Gasteiger partial charge in [-0.2, -0.15) is 0 Å². The molecule has 2 amide bonds. The molecule has 1 atom stereocenters. The van der Waals surface area contributed by atoms with Gasteiger partial charge in [-0.15, -0.1) is 0 Å². The van der Waals surface area contributed by atoms with Crippen molar-refractivity contribution < 1.29 is 9.59 Å². The van der Waals surface area contributed by atoms with E-state index in [1.165, 1.54) is 0 Å². The van der Waals surface area contributed by atoms with Gasteiger partial charge in [-0.1, -0.05) is 50.9 Å². The molecule has 2 N–H and O–H groups in total. The number of carbonyl (C=O) groups is 2. The maximum atomic E-state index is 12.1. The zero-order valence-electron chi connectivity index (χ0n) is 13.9. The summed E-state index contributed by atoms with van der Waals surface area (Å²) in [7, 11) is 0. The molecule has 0 aromatic heterocycles. The van der Waals surface area contributed by atoms with E-state index in [-0.39, 0.29) is 17.7 Å². The molecule has 132 valence electrons. The van der Waals surface area contributed by atoms with Crippen molar-refractivity contribution in [3.05, 3.63) is 57.5 Å². The van der Waals surface area contributed by atoms with Gasteiger partial charge in [0, 0.05) is 33.2 Å². The highest BCUT2D eigenvalue weighted by Gasteiger charge is 2.12. The largest absolute Gasteiger partial charge is 0.326 e. The van der Waals surface area contributed by atoms with E-state index < -0.39 is 0 Å². The Kier molecular flexibility index (Phi) is 7.65. The van der Waals surface area contributed by atoms with Crippen molar-refractivity contribution in [1.29, 1.82) is 0 Å². The van der Waals surface area contributed by atoms with Crippen LogP contribution in [-0.2, 0) is 9.59 Å². The number of amides is 2. The number of hydrogen-bond acceptors (Lipinski definition) is 2. The molecule has 4 nitrogen and oxygen atoms in total. The molecule has 0 fully saturated rings. The molecule has 0 radical (unpaired) electrons. The number of nitrogens with one attached hydrogen (secondary N) is 2. The summed E-state index contributed by atoms with van der Waals surface area (Å²) in [5.74, 6) is 0.0377. The second-order valence-electron chi connectivity index (χ2n) is 5.97. The lowest BCUT2D eigenvalue weighted by Gasteiger charge is -2.12. The lowest BCUT2D eigenvalue weighted by molar-refractivity contribution is -0.118. The van der Waals surface area contributed by atoms with Gasteiger partial charge in [0.15, 0.2) is 0 Å². The topological polar surface area (TPSA) is 58.2 Å². The van der Waals surface area contributed by atoms with Crippen LogP contribution in [0.3, 0.4) is 0 Å². The smallest absolute Gasteiger partial charge is 0.224 e. The van der Waals surface area contributed by atoms with Gasteiger partial charge in [-0.25, -0.2) is 0 Å². The quantitative estimate of drug-likeness (QED) is 0.557. The van der Waals surface area contributed by atoms with Gasteiger partial charge >= 0.3 is 0 Å². The van der Waals surface area contributed by atoms with Crippen molar-refractivity contribution in [2.45, 2.75) is 26.2 Å². The Balaban J connectivity index is 1.73. The van der Waals surface area contributed by atoms with Crippen LogP contribution in [-0.4, -0.2) is 11.8 Å². The van der Waals surface area contributed by atoms with Crippen molar-refractivity contribution in [3.8, 4) is 0 Å². The van der Waals surface area contributed by atoms with Crippen molar-refractivity contribution in [2.24, 2.45) is 5.92 Å². The van der Waals surface area contributed by atoms with E-state index in [2.05, 4.69) is 42.5 Å². The lowest BCUT2D eigenvalue weighted by atomic mass is 10.0. The Morgan fingerprint density at radius 1 is 0.920 bits per heavy atom. The Bertz CT molecular complexity index is 750. The molecule has 0 spiro atoms. The highest BCUT2D eigenvalue weighted by Crippen LogP contribution is 2.19. The van der Waals surface area contributed by atoms with E-state index in [4.69, 9.17) is 0 Å². The van der Waals surface area contributed by atoms with E-state index in [0.29, 0.717) is 19.3 Å². The minimum absolute atomic E-state index is 0.0435. The second-order valence-corrected chi connectivity index (χ2v) is 7.80. The van der Waals surface area contributed by atoms with Crippen molar-refractivity contribution in [1.82, 2.24) is 0 Å². The summed E-state index contributed by atoms with van der Waals surface area (Å²) in [5.41, 5.74) is 1.53. The van der Waals surface area contributed by atoms with Crippen LogP contribution in [0.5, 0.6) is 0 Å². The van der Waals surface area contributed by atoms with Crippen molar-refractivity contribution in [2.75, 3.05) is 10.6 Å². The fourth-order valence-electron chi connectivity index (χ4n) is 2.36. The van der Waals surface area contributed by atoms with Gasteiger partial charge in [-0.3, -0.25) is 9.59 Å². The van der Waals surface area contributed by atoms with Crippen LogP contribution in [0.2, 0.25) is 0 Å². The highest BCUT2D eigenvalue weighted by atomic mass is 79.9. The Hall–Kier alpha value is -1.66. The van der Waals surface area contributed by atoms with E-state index in [0.717, 1.165) is 20.3 Å². The SMILES string of the molecule is C[C@H](CCC(=O)Nc1cccc(Br)c1)CC(=O)Nc1cccc(Br)c1. The van der Waals surface area contributed by atoms with Gasteiger partial charge in [-0.05, 0) is 48.7 Å². The third kappa shape index (κ3) is 7.40. The molecule has 0 aliphatic carbocycles. The first kappa shape index (κ1) is 19.7. The summed E-state index contributed by atoms with van der Waals surface area (Å²) in [4.78, 5) is 24.1. The Labute approximate surface area is 164 Å². The third-order valence-corrected chi connectivity index (χ3v) is 4.60. The van der Waals surface area contributed by atoms with Gasteiger partial charge < -0.3 is 10.6 Å². The predicted molar refractivity (Wildman–Crippen MR) is 109 cm³/mol. The van der Waals surface area contributed by atoms with Crippen LogP contribution in [0.4, 0.5) is 11.4 Å². The van der Waals surface area contributed by atoms with Crippen molar-refractivity contribution in [3.63, 3.8) is 0 Å². The molecule has 0 saturated heterocycles. The minimum atomic E-state index is -0.0441. The molecular formula is C19H20Br2N2O2. The Morgan fingerprint density at radius 2 is 1.44 bits per heavy atom. The molecule has 0 heterocycles. The molecule has 0 aliphatic rings. The number of anilines is 2. The number of benzene rings is 2. The predicted octanol–water partition coefficient (Wildman–Crippen LogP) is 5.60. The highest BCUT2D eigenvalue weighted by molar-refractivity contribution is 9.10. The average molecular weight is 468 g/mol. The number of rotatable bonds is 7. The molecule has 25 heavy (non-hydrogen) atoms. The van der Waals surface area contributed by atoms with Crippen LogP contribution in [0.15, 0.2) is 57.5 Å². The van der Waals surface area contributed by atoms with Gasteiger partial charge in [0.2, 0.25) is 11.8 Å². The number of hydrogen-bond donors (Lipinski definition) is 2. The summed E-state index contributed by atoms with van der Waals surface area (Å²) < 4.78 is 1.84. The molecule has 0 bridgehead atoms. The van der Waals surface area contributed by atoms with Gasteiger partial charge in [0.05, 0.1) is 0 Å². The summed E-state index contributed by atoms with van der Waals surface area (Å²) in [6, 6.07) is 14.9. The fourth-order valence-corrected chi connectivity index (χ4v) is 3.16. The minimum Gasteiger partial charge on any atom is -0.326 e. The fraction of sp³-hybridized carbons (Fsp3) is 0.263. The van der Waals surface area contributed by atoms with Crippen LogP contribution in [0.1, 0.15) is 26.2 Å². The first-order valence-electron chi connectivity index (χ1n) is 8.03. The van der Waals surface area contributed by atoms with Crippen molar-refractivity contribution >= 4 is 55.0 Å². The lowest BCUT2D eigenvalue weighted by Crippen LogP contribution is -2.17.